The number of rotatable bonds is 7. The minimum atomic E-state index is -0.404. The van der Waals surface area contributed by atoms with Crippen molar-refractivity contribution in [3.8, 4) is 17.2 Å². The van der Waals surface area contributed by atoms with E-state index >= 15 is 0 Å². The fraction of sp³-hybridized carbons (Fsp3) is 0.174. The predicted octanol–water partition coefficient (Wildman–Crippen LogP) is 4.98. The Kier molecular flexibility index (Phi) is 6.10. The maximum absolute atomic E-state index is 12.5. The zero-order valence-corrected chi connectivity index (χ0v) is 15.5. The summed E-state index contributed by atoms with van der Waals surface area (Å²) in [6.07, 6.45) is 0. The summed E-state index contributed by atoms with van der Waals surface area (Å²) in [6.45, 7) is 4.63. The SMILES string of the molecule is Cc1cccc(C)c1OC(=O)c1cccc(OCCOc2ccccc2)c1. The lowest BCUT2D eigenvalue weighted by atomic mass is 10.1. The van der Waals surface area contributed by atoms with Crippen molar-refractivity contribution in [1.29, 1.82) is 0 Å². The molecule has 27 heavy (non-hydrogen) atoms. The molecule has 0 aliphatic rings. The van der Waals surface area contributed by atoms with Crippen molar-refractivity contribution in [2.24, 2.45) is 0 Å². The van der Waals surface area contributed by atoms with Gasteiger partial charge in [0.1, 0.15) is 30.5 Å². The summed E-state index contributed by atoms with van der Waals surface area (Å²) in [4.78, 5) is 12.5. The maximum Gasteiger partial charge on any atom is 0.343 e. The molecule has 0 heterocycles. The number of esters is 1. The van der Waals surface area contributed by atoms with E-state index in [1.807, 2.05) is 62.4 Å². The highest BCUT2D eigenvalue weighted by atomic mass is 16.5. The average molecular weight is 362 g/mol. The average Bonchev–Trinajstić information content (AvgIpc) is 2.69. The van der Waals surface area contributed by atoms with Gasteiger partial charge in [-0.3, -0.25) is 0 Å². The highest BCUT2D eigenvalue weighted by molar-refractivity contribution is 5.91. The van der Waals surface area contributed by atoms with E-state index in [0.29, 0.717) is 30.3 Å². The second-order valence-corrected chi connectivity index (χ2v) is 6.15. The van der Waals surface area contributed by atoms with Gasteiger partial charge in [-0.05, 0) is 55.3 Å². The molecular formula is C23H22O4. The minimum Gasteiger partial charge on any atom is -0.490 e. The lowest BCUT2D eigenvalue weighted by Gasteiger charge is -2.11. The molecule has 0 saturated carbocycles. The fourth-order valence-electron chi connectivity index (χ4n) is 2.66. The topological polar surface area (TPSA) is 44.8 Å². The van der Waals surface area contributed by atoms with Crippen LogP contribution in [-0.4, -0.2) is 19.2 Å². The molecule has 0 N–H and O–H groups in total. The molecule has 0 spiro atoms. The van der Waals surface area contributed by atoms with Crippen molar-refractivity contribution < 1.29 is 19.0 Å². The van der Waals surface area contributed by atoms with Gasteiger partial charge in [-0.25, -0.2) is 4.79 Å². The molecule has 0 atom stereocenters. The predicted molar refractivity (Wildman–Crippen MR) is 105 cm³/mol. The van der Waals surface area contributed by atoms with Crippen LogP contribution in [0.3, 0.4) is 0 Å². The van der Waals surface area contributed by atoms with Gasteiger partial charge in [0.25, 0.3) is 0 Å². The van der Waals surface area contributed by atoms with Crippen LogP contribution in [-0.2, 0) is 0 Å². The Bertz CT molecular complexity index is 883. The summed E-state index contributed by atoms with van der Waals surface area (Å²) in [7, 11) is 0. The molecule has 138 valence electrons. The number of carbonyl (C=O) groups is 1. The van der Waals surface area contributed by atoms with Gasteiger partial charge in [0.15, 0.2) is 0 Å². The monoisotopic (exact) mass is 362 g/mol. The number of benzene rings is 3. The van der Waals surface area contributed by atoms with Gasteiger partial charge in [0.05, 0.1) is 5.56 Å². The van der Waals surface area contributed by atoms with Crippen molar-refractivity contribution >= 4 is 5.97 Å². The molecule has 0 aliphatic heterocycles. The summed E-state index contributed by atoms with van der Waals surface area (Å²) in [5.41, 5.74) is 2.29. The Balaban J connectivity index is 1.57. The van der Waals surface area contributed by atoms with Crippen molar-refractivity contribution in [1.82, 2.24) is 0 Å². The lowest BCUT2D eigenvalue weighted by molar-refractivity contribution is 0.0731. The molecule has 0 aromatic heterocycles. The molecular weight excluding hydrogens is 340 g/mol. The van der Waals surface area contributed by atoms with Crippen LogP contribution in [0.25, 0.3) is 0 Å². The quantitative estimate of drug-likeness (QED) is 0.338. The van der Waals surface area contributed by atoms with E-state index in [0.717, 1.165) is 16.9 Å². The molecule has 0 amide bonds. The molecule has 3 aromatic carbocycles. The first-order chi connectivity index (χ1) is 13.1. The Hall–Kier alpha value is -3.27. The van der Waals surface area contributed by atoms with Gasteiger partial charge in [-0.15, -0.1) is 0 Å². The second-order valence-electron chi connectivity index (χ2n) is 6.15. The summed E-state index contributed by atoms with van der Waals surface area (Å²) in [5, 5.41) is 0. The van der Waals surface area contributed by atoms with Gasteiger partial charge >= 0.3 is 5.97 Å². The fourth-order valence-corrected chi connectivity index (χ4v) is 2.66. The molecule has 0 aliphatic carbocycles. The van der Waals surface area contributed by atoms with Gasteiger partial charge in [-0.1, -0.05) is 42.5 Å². The summed E-state index contributed by atoms with van der Waals surface area (Å²) in [6, 6.07) is 22.3. The van der Waals surface area contributed by atoms with Crippen molar-refractivity contribution in [3.05, 3.63) is 89.5 Å². The first kappa shape index (κ1) is 18.5. The highest BCUT2D eigenvalue weighted by Gasteiger charge is 2.13. The standard InChI is InChI=1S/C23H22O4/c1-17-8-6-9-18(2)22(17)27-23(24)19-10-7-13-21(16-19)26-15-14-25-20-11-4-3-5-12-20/h3-13,16H,14-15H2,1-2H3. The molecule has 0 fully saturated rings. The molecule has 4 nitrogen and oxygen atoms in total. The van der Waals surface area contributed by atoms with Gasteiger partial charge < -0.3 is 14.2 Å². The third-order valence-electron chi connectivity index (χ3n) is 4.04. The maximum atomic E-state index is 12.5. The molecule has 3 rings (SSSR count). The summed E-state index contributed by atoms with van der Waals surface area (Å²) in [5.74, 6) is 1.60. The van der Waals surface area contributed by atoms with Gasteiger partial charge in [0.2, 0.25) is 0 Å². The molecule has 0 saturated heterocycles. The number of ether oxygens (including phenoxy) is 3. The van der Waals surface area contributed by atoms with Gasteiger partial charge in [-0.2, -0.15) is 0 Å². The van der Waals surface area contributed by atoms with Crippen LogP contribution in [0, 0.1) is 13.8 Å². The Morgan fingerprint density at radius 3 is 2.04 bits per heavy atom. The third-order valence-corrected chi connectivity index (χ3v) is 4.04. The first-order valence-electron chi connectivity index (χ1n) is 8.82. The second kappa shape index (κ2) is 8.90. The zero-order chi connectivity index (χ0) is 19.1. The van der Waals surface area contributed by atoms with E-state index in [4.69, 9.17) is 14.2 Å². The number of hydrogen-bond donors (Lipinski definition) is 0. The summed E-state index contributed by atoms with van der Waals surface area (Å²) >= 11 is 0. The zero-order valence-electron chi connectivity index (χ0n) is 15.5. The van der Waals surface area contributed by atoms with Crippen LogP contribution in [0.15, 0.2) is 72.8 Å². The van der Waals surface area contributed by atoms with E-state index in [1.165, 1.54) is 0 Å². The number of para-hydroxylation sites is 2. The van der Waals surface area contributed by atoms with E-state index < -0.39 is 5.97 Å². The van der Waals surface area contributed by atoms with Crippen LogP contribution in [0.2, 0.25) is 0 Å². The Morgan fingerprint density at radius 2 is 1.33 bits per heavy atom. The molecule has 0 radical (unpaired) electrons. The number of aryl methyl sites for hydroxylation is 2. The van der Waals surface area contributed by atoms with Crippen LogP contribution in [0.1, 0.15) is 21.5 Å². The number of carbonyl (C=O) groups excluding carboxylic acids is 1. The Morgan fingerprint density at radius 1 is 0.741 bits per heavy atom. The van der Waals surface area contributed by atoms with Crippen molar-refractivity contribution in [2.75, 3.05) is 13.2 Å². The smallest absolute Gasteiger partial charge is 0.343 e. The van der Waals surface area contributed by atoms with Crippen LogP contribution in [0.4, 0.5) is 0 Å². The molecule has 0 unspecified atom stereocenters. The van der Waals surface area contributed by atoms with Crippen molar-refractivity contribution in [2.45, 2.75) is 13.8 Å². The van der Waals surface area contributed by atoms with Crippen LogP contribution in [0.5, 0.6) is 17.2 Å². The van der Waals surface area contributed by atoms with Crippen molar-refractivity contribution in [3.63, 3.8) is 0 Å². The number of hydrogen-bond acceptors (Lipinski definition) is 4. The lowest BCUT2D eigenvalue weighted by Crippen LogP contribution is -2.12. The van der Waals surface area contributed by atoms with E-state index in [9.17, 15) is 4.79 Å². The van der Waals surface area contributed by atoms with E-state index in [1.54, 1.807) is 24.3 Å². The van der Waals surface area contributed by atoms with E-state index in [-0.39, 0.29) is 0 Å². The van der Waals surface area contributed by atoms with Crippen LogP contribution >= 0.6 is 0 Å². The molecule has 0 bridgehead atoms. The molecule has 3 aromatic rings. The minimum absolute atomic E-state index is 0.379. The molecule has 4 heteroatoms. The highest BCUT2D eigenvalue weighted by Crippen LogP contribution is 2.24. The first-order valence-corrected chi connectivity index (χ1v) is 8.82. The van der Waals surface area contributed by atoms with E-state index in [2.05, 4.69) is 0 Å². The largest absolute Gasteiger partial charge is 0.490 e. The Labute approximate surface area is 159 Å². The summed E-state index contributed by atoms with van der Waals surface area (Å²) < 4.78 is 16.9. The van der Waals surface area contributed by atoms with Crippen LogP contribution < -0.4 is 14.2 Å². The normalized spacial score (nSPS) is 10.3. The third kappa shape index (κ3) is 5.11. The van der Waals surface area contributed by atoms with Gasteiger partial charge in [0, 0.05) is 0 Å².